The number of benzene rings is 3. The van der Waals surface area contributed by atoms with Gasteiger partial charge < -0.3 is 52.5 Å². The molecule has 0 amide bonds. The normalized spacial score (nSPS) is 27.3. The number of methoxy groups -OCH3 is 2. The maximum absolute atomic E-state index is 13.3. The van der Waals surface area contributed by atoms with Crippen LogP contribution in [0.25, 0.3) is 10.4 Å². The summed E-state index contributed by atoms with van der Waals surface area (Å²) in [5, 5.41) is 15.1. The maximum atomic E-state index is 13.3. The number of hydrogen-bond donors (Lipinski definition) is 1. The molecule has 2 fully saturated rings. The molecule has 1 N–H and O–H groups in total. The minimum Gasteiger partial charge on any atom is -0.497 e. The van der Waals surface area contributed by atoms with Gasteiger partial charge in [0.2, 0.25) is 0 Å². The van der Waals surface area contributed by atoms with Crippen molar-refractivity contribution in [2.24, 2.45) is 5.11 Å². The number of aliphatic hydroxyl groups excluding tert-OH is 1. The number of ether oxygens (including phenoxy) is 10. The Morgan fingerprint density at radius 3 is 1.84 bits per heavy atom. The molecule has 2 saturated heterocycles. The van der Waals surface area contributed by atoms with E-state index in [0.29, 0.717) is 11.3 Å². The van der Waals surface area contributed by atoms with E-state index in [0.717, 1.165) is 25.2 Å². The Labute approximate surface area is 323 Å². The zero-order chi connectivity index (χ0) is 40.0. The number of azide groups is 1. The van der Waals surface area contributed by atoms with Crippen LogP contribution in [0.15, 0.2) is 90.0 Å². The topological polar surface area (TPSA) is 212 Å². The predicted molar refractivity (Wildman–Crippen MR) is 193 cm³/mol. The van der Waals surface area contributed by atoms with Crippen LogP contribution in [0.3, 0.4) is 0 Å². The fourth-order valence-electron chi connectivity index (χ4n) is 6.30. The summed E-state index contributed by atoms with van der Waals surface area (Å²) in [7, 11) is 2.66. The first kappa shape index (κ1) is 42.1. The van der Waals surface area contributed by atoms with Gasteiger partial charge in [0.25, 0.3) is 0 Å². The van der Waals surface area contributed by atoms with E-state index >= 15 is 0 Å². The second-order valence-electron chi connectivity index (χ2n) is 12.8. The third kappa shape index (κ3) is 11.2. The summed E-state index contributed by atoms with van der Waals surface area (Å²) in [5.41, 5.74) is 12.1. The lowest BCUT2D eigenvalue weighted by molar-refractivity contribution is -0.344. The zero-order valence-electron chi connectivity index (χ0n) is 31.3. The lowest BCUT2D eigenvalue weighted by atomic mass is 9.95. The summed E-state index contributed by atoms with van der Waals surface area (Å²) in [4.78, 5) is 40.7. The highest BCUT2D eigenvalue weighted by molar-refractivity contribution is 5.75. The average Bonchev–Trinajstić information content (AvgIpc) is 3.20. The molecule has 0 spiro atoms. The molecule has 3 aromatic carbocycles. The van der Waals surface area contributed by atoms with Gasteiger partial charge in [-0.15, -0.1) is 0 Å². The molecule has 0 aliphatic carbocycles. The van der Waals surface area contributed by atoms with E-state index in [2.05, 4.69) is 10.0 Å². The van der Waals surface area contributed by atoms with Crippen molar-refractivity contribution in [2.45, 2.75) is 95.0 Å². The molecule has 56 heavy (non-hydrogen) atoms. The van der Waals surface area contributed by atoms with Crippen LogP contribution in [0.1, 0.15) is 30.5 Å². The van der Waals surface area contributed by atoms with Crippen molar-refractivity contribution in [3.8, 4) is 5.75 Å². The molecule has 300 valence electrons. The van der Waals surface area contributed by atoms with Crippen molar-refractivity contribution < 1.29 is 66.9 Å². The van der Waals surface area contributed by atoms with Crippen molar-refractivity contribution in [3.05, 3.63) is 112 Å². The van der Waals surface area contributed by atoms with E-state index < -0.39 is 79.3 Å². The average molecular weight is 780 g/mol. The van der Waals surface area contributed by atoms with Crippen molar-refractivity contribution in [1.82, 2.24) is 0 Å². The minimum absolute atomic E-state index is 0.0270. The summed E-state index contributed by atoms with van der Waals surface area (Å²) < 4.78 is 58.9. The van der Waals surface area contributed by atoms with Gasteiger partial charge in [-0.05, 0) is 34.4 Å². The fraction of sp³-hybridized carbons (Fsp3) is 0.462. The number of carbonyl (C=O) groups is 3. The molecule has 17 heteroatoms. The summed E-state index contributed by atoms with van der Waals surface area (Å²) in [6.07, 6.45) is -12.8. The van der Waals surface area contributed by atoms with Gasteiger partial charge in [0.1, 0.15) is 48.9 Å². The third-order valence-electron chi connectivity index (χ3n) is 8.96. The highest BCUT2D eigenvalue weighted by Crippen LogP contribution is 2.36. The molecule has 0 radical (unpaired) electrons. The van der Waals surface area contributed by atoms with Gasteiger partial charge in [0, 0.05) is 18.8 Å². The Morgan fingerprint density at radius 2 is 1.30 bits per heavy atom. The second kappa shape index (κ2) is 20.7. The molecule has 3 aromatic rings. The fourth-order valence-corrected chi connectivity index (χ4v) is 6.30. The van der Waals surface area contributed by atoms with Crippen molar-refractivity contribution in [3.63, 3.8) is 0 Å². The van der Waals surface area contributed by atoms with Crippen LogP contribution in [-0.2, 0) is 76.8 Å². The van der Waals surface area contributed by atoms with Gasteiger partial charge in [-0.3, -0.25) is 9.59 Å². The summed E-state index contributed by atoms with van der Waals surface area (Å²) in [5.74, 6) is -1.72. The number of rotatable bonds is 17. The van der Waals surface area contributed by atoms with Crippen molar-refractivity contribution in [1.29, 1.82) is 0 Å². The van der Waals surface area contributed by atoms with Crippen LogP contribution < -0.4 is 4.74 Å². The number of aliphatic hydroxyl groups is 1. The minimum atomic E-state index is -1.85. The summed E-state index contributed by atoms with van der Waals surface area (Å²) in [6.45, 7) is 2.00. The first-order valence-corrected chi connectivity index (χ1v) is 17.7. The Bertz CT molecular complexity index is 1760. The van der Waals surface area contributed by atoms with Gasteiger partial charge in [-0.2, -0.15) is 0 Å². The van der Waals surface area contributed by atoms with Gasteiger partial charge >= 0.3 is 17.9 Å². The molecule has 17 nitrogen and oxygen atoms in total. The molecule has 1 unspecified atom stereocenters. The van der Waals surface area contributed by atoms with Gasteiger partial charge in [0.05, 0.1) is 34.0 Å². The van der Waals surface area contributed by atoms with E-state index in [9.17, 15) is 25.0 Å². The highest BCUT2D eigenvalue weighted by atomic mass is 16.7. The van der Waals surface area contributed by atoms with Crippen molar-refractivity contribution in [2.75, 3.05) is 20.8 Å². The monoisotopic (exact) mass is 779 g/mol. The van der Waals surface area contributed by atoms with Gasteiger partial charge in [-0.1, -0.05) is 77.9 Å². The maximum Gasteiger partial charge on any atom is 0.337 e. The van der Waals surface area contributed by atoms with E-state index in [1.165, 1.54) is 6.92 Å². The van der Waals surface area contributed by atoms with E-state index in [4.69, 9.17) is 47.4 Å². The van der Waals surface area contributed by atoms with Crippen LogP contribution in [0.2, 0.25) is 0 Å². The Balaban J connectivity index is 1.54. The molecule has 10 atom stereocenters. The van der Waals surface area contributed by atoms with E-state index in [1.54, 1.807) is 55.6 Å². The molecule has 2 heterocycles. The van der Waals surface area contributed by atoms with Crippen LogP contribution in [-0.4, -0.2) is 105 Å². The molecule has 2 aliphatic heterocycles. The first-order valence-electron chi connectivity index (χ1n) is 17.7. The number of esters is 3. The number of carbonyl (C=O) groups excluding carboxylic acids is 3. The summed E-state index contributed by atoms with van der Waals surface area (Å²) in [6, 6.07) is 24.0. The SMILES string of the molecule is COC(=O)[C@@H]1OC(O)[C@H](OC(C)=O)[C@@H](OCc2ccccc2)[C@@H]1O[C@H]1O[C@H](COC(C)=O)[C@@H](OCc2ccc(OC)cc2)[C@H](OCc2ccccc2)[C@H]1N=[N+]=[N-]. The van der Waals surface area contributed by atoms with Crippen molar-refractivity contribution >= 4 is 17.9 Å². The first-order chi connectivity index (χ1) is 27.1. The molecule has 0 saturated carbocycles. The van der Waals surface area contributed by atoms with Crippen LogP contribution in [0.4, 0.5) is 0 Å². The molecule has 5 rings (SSSR count). The largest absolute Gasteiger partial charge is 0.497 e. The van der Waals surface area contributed by atoms with E-state index in [-0.39, 0.29) is 26.4 Å². The summed E-state index contributed by atoms with van der Waals surface area (Å²) >= 11 is 0. The molecule has 0 bridgehead atoms. The molecule has 2 aliphatic rings. The van der Waals surface area contributed by atoms with Gasteiger partial charge in [0.15, 0.2) is 24.8 Å². The zero-order valence-corrected chi connectivity index (χ0v) is 31.3. The van der Waals surface area contributed by atoms with E-state index in [1.807, 2.05) is 36.4 Å². The number of nitrogens with zero attached hydrogens (tertiary/aromatic N) is 3. The quantitative estimate of drug-likeness (QED) is 0.0677. The van der Waals surface area contributed by atoms with Crippen LogP contribution in [0.5, 0.6) is 5.75 Å². The molecule has 0 aromatic heterocycles. The predicted octanol–water partition coefficient (Wildman–Crippen LogP) is 3.93. The van der Waals surface area contributed by atoms with Gasteiger partial charge in [-0.25, -0.2) is 4.79 Å². The Hall–Kier alpha value is -5.10. The molecular formula is C39H45N3O14. The Morgan fingerprint density at radius 1 is 0.732 bits per heavy atom. The second-order valence-corrected chi connectivity index (χ2v) is 12.8. The van der Waals surface area contributed by atoms with Crippen LogP contribution >= 0.6 is 0 Å². The molecular weight excluding hydrogens is 734 g/mol. The standard InChI is InChI=1S/C39H45N3O14/c1-23(43)49-22-29-31(50-21-27-15-17-28(47-3)18-16-27)32(51-19-25-11-7-5-8-12-25)30(41-42-40)39(54-29)56-34-33(52-20-26-13-9-6-10-14-26)35(53-24(2)44)38(46)55-36(34)37(45)48-4/h5-18,29-36,38-39,46H,19-22H2,1-4H3/t29-,30-,31-,32-,33+,34+,35-,36-,38?,39-/m1/s1. The lowest BCUT2D eigenvalue weighted by Gasteiger charge is -2.48. The Kier molecular flexibility index (Phi) is 15.6. The third-order valence-corrected chi connectivity index (χ3v) is 8.96. The highest BCUT2D eigenvalue weighted by Gasteiger charge is 2.56. The number of hydrogen-bond acceptors (Lipinski definition) is 15. The van der Waals surface area contributed by atoms with Crippen LogP contribution in [0, 0.1) is 0 Å². The smallest absolute Gasteiger partial charge is 0.337 e. The lowest BCUT2D eigenvalue weighted by Crippen LogP contribution is -2.66.